The molecule has 0 unspecified atom stereocenters. The third-order valence-electron chi connectivity index (χ3n) is 5.30. The molecule has 138 valence electrons. The molecule has 0 saturated carbocycles. The molecular weight excluding hydrogens is 372 g/mol. The van der Waals surface area contributed by atoms with Gasteiger partial charge in [0.05, 0.1) is 11.2 Å². The molecule has 0 saturated heterocycles. The number of hydrogen-bond acceptors (Lipinski definition) is 2. The summed E-state index contributed by atoms with van der Waals surface area (Å²) in [6.45, 7) is 0. The fraction of sp³-hybridized carbons (Fsp3) is 0.0909. The van der Waals surface area contributed by atoms with Gasteiger partial charge in [-0.3, -0.25) is 14.5 Å². The predicted molar refractivity (Wildman–Crippen MR) is 114 cm³/mol. The van der Waals surface area contributed by atoms with Crippen molar-refractivity contribution in [2.45, 2.75) is 0 Å². The summed E-state index contributed by atoms with van der Waals surface area (Å²) in [4.78, 5) is 13.1. The lowest BCUT2D eigenvalue weighted by atomic mass is 10.0. The number of hydrogen-bond donors (Lipinski definition) is 1. The Morgan fingerprint density at radius 2 is 1.79 bits per heavy atom. The first-order valence-electron chi connectivity index (χ1n) is 8.92. The Hall–Kier alpha value is -3.31. The summed E-state index contributed by atoms with van der Waals surface area (Å²) in [5.41, 5.74) is 5.36. The van der Waals surface area contributed by atoms with Gasteiger partial charge in [0.2, 0.25) is 0 Å². The summed E-state index contributed by atoms with van der Waals surface area (Å²) in [6, 6.07) is 17.6. The van der Waals surface area contributed by atoms with Crippen LogP contribution in [0.1, 0.15) is 0 Å². The maximum Gasteiger partial charge on any atom is 0.259 e. The first kappa shape index (κ1) is 16.8. The minimum atomic E-state index is -0.0468. The van der Waals surface area contributed by atoms with E-state index in [1.807, 2.05) is 50.5 Å². The van der Waals surface area contributed by atoms with Crippen molar-refractivity contribution in [3.8, 4) is 22.4 Å². The molecule has 0 aliphatic heterocycles. The second kappa shape index (κ2) is 6.11. The number of pyridine rings is 1. The van der Waals surface area contributed by atoms with Crippen molar-refractivity contribution < 1.29 is 0 Å². The van der Waals surface area contributed by atoms with Crippen LogP contribution in [0.2, 0.25) is 5.02 Å². The van der Waals surface area contributed by atoms with Gasteiger partial charge in [-0.25, -0.2) is 0 Å². The van der Waals surface area contributed by atoms with E-state index >= 15 is 0 Å². The van der Waals surface area contributed by atoms with Crippen molar-refractivity contribution in [1.29, 1.82) is 0 Å². The monoisotopic (exact) mass is 388 g/mol. The maximum absolute atomic E-state index is 13.1. The van der Waals surface area contributed by atoms with E-state index in [9.17, 15) is 4.79 Å². The standard InChI is InChI=1S/C22H17ClN4O/c1-26-20-7-6-14(19-8-9-24-25-19)11-17(20)18-12-16(22(28)27(2)21(18)26)13-4-3-5-15(23)10-13/h3-12H,1-2H3,(H,24,25). The molecule has 6 heteroatoms. The second-order valence-electron chi connectivity index (χ2n) is 6.93. The highest BCUT2D eigenvalue weighted by molar-refractivity contribution is 6.30. The van der Waals surface area contributed by atoms with E-state index in [1.165, 1.54) is 0 Å². The molecule has 0 atom stereocenters. The number of nitrogens with one attached hydrogen (secondary N) is 1. The van der Waals surface area contributed by atoms with Crippen molar-refractivity contribution >= 4 is 33.5 Å². The number of aromatic nitrogens is 4. The number of aryl methyl sites for hydroxylation is 2. The number of halogens is 1. The van der Waals surface area contributed by atoms with Crippen LogP contribution in [-0.4, -0.2) is 19.3 Å². The van der Waals surface area contributed by atoms with Crippen LogP contribution in [0.5, 0.6) is 0 Å². The van der Waals surface area contributed by atoms with Crippen LogP contribution in [0.3, 0.4) is 0 Å². The van der Waals surface area contributed by atoms with Gasteiger partial charge in [-0.2, -0.15) is 5.10 Å². The Kier molecular flexibility index (Phi) is 3.67. The van der Waals surface area contributed by atoms with Crippen LogP contribution in [0.15, 0.2) is 65.6 Å². The molecule has 0 amide bonds. The average molecular weight is 389 g/mol. The topological polar surface area (TPSA) is 55.6 Å². The number of rotatable bonds is 2. The van der Waals surface area contributed by atoms with Crippen molar-refractivity contribution in [3.05, 3.63) is 76.2 Å². The Morgan fingerprint density at radius 3 is 2.54 bits per heavy atom. The Labute approximate surface area is 165 Å². The molecule has 0 spiro atoms. The van der Waals surface area contributed by atoms with E-state index in [0.717, 1.165) is 38.8 Å². The number of fused-ring (bicyclic) bond motifs is 3. The first-order valence-corrected chi connectivity index (χ1v) is 9.30. The lowest BCUT2D eigenvalue weighted by molar-refractivity contribution is 0.846. The van der Waals surface area contributed by atoms with Gasteiger partial charge in [-0.1, -0.05) is 29.8 Å². The van der Waals surface area contributed by atoms with Crippen molar-refractivity contribution in [2.75, 3.05) is 0 Å². The van der Waals surface area contributed by atoms with Gasteiger partial charge in [-0.05, 0) is 42.0 Å². The molecule has 28 heavy (non-hydrogen) atoms. The molecule has 0 bridgehead atoms. The fourth-order valence-corrected chi connectivity index (χ4v) is 4.13. The van der Waals surface area contributed by atoms with Crippen LogP contribution in [0.25, 0.3) is 44.3 Å². The van der Waals surface area contributed by atoms with Gasteiger partial charge in [0.25, 0.3) is 5.56 Å². The predicted octanol–water partition coefficient (Wildman–Crippen LogP) is 4.74. The molecule has 3 aromatic heterocycles. The molecule has 5 nitrogen and oxygen atoms in total. The second-order valence-corrected chi connectivity index (χ2v) is 7.37. The summed E-state index contributed by atoms with van der Waals surface area (Å²) in [6.07, 6.45) is 1.74. The molecule has 3 heterocycles. The van der Waals surface area contributed by atoms with E-state index in [-0.39, 0.29) is 5.56 Å². The van der Waals surface area contributed by atoms with Gasteiger partial charge in [0.15, 0.2) is 0 Å². The minimum Gasteiger partial charge on any atom is -0.330 e. The molecule has 0 aliphatic carbocycles. The van der Waals surface area contributed by atoms with Crippen molar-refractivity contribution in [3.63, 3.8) is 0 Å². The lowest BCUT2D eigenvalue weighted by Gasteiger charge is -2.08. The number of H-pyrrole nitrogens is 1. The summed E-state index contributed by atoms with van der Waals surface area (Å²) in [5, 5.41) is 9.78. The lowest BCUT2D eigenvalue weighted by Crippen LogP contribution is -2.20. The van der Waals surface area contributed by atoms with E-state index in [4.69, 9.17) is 11.6 Å². The Morgan fingerprint density at radius 1 is 0.929 bits per heavy atom. The fourth-order valence-electron chi connectivity index (χ4n) is 3.94. The molecular formula is C22H17ClN4O. The Bertz CT molecular complexity index is 1410. The van der Waals surface area contributed by atoms with Crippen LogP contribution in [0.4, 0.5) is 0 Å². The third-order valence-corrected chi connectivity index (χ3v) is 5.53. The molecule has 5 rings (SSSR count). The molecule has 1 N–H and O–H groups in total. The highest BCUT2D eigenvalue weighted by atomic mass is 35.5. The van der Waals surface area contributed by atoms with Crippen LogP contribution in [-0.2, 0) is 14.1 Å². The Balaban J connectivity index is 1.88. The van der Waals surface area contributed by atoms with Gasteiger partial charge < -0.3 is 4.57 Å². The smallest absolute Gasteiger partial charge is 0.259 e. The van der Waals surface area contributed by atoms with Gasteiger partial charge in [0.1, 0.15) is 5.65 Å². The largest absolute Gasteiger partial charge is 0.330 e. The first-order chi connectivity index (χ1) is 13.5. The quantitative estimate of drug-likeness (QED) is 0.475. The van der Waals surface area contributed by atoms with Gasteiger partial charge in [0, 0.05) is 47.2 Å². The number of aromatic amines is 1. The van der Waals surface area contributed by atoms with E-state index in [0.29, 0.717) is 10.6 Å². The number of nitrogens with zero attached hydrogens (tertiary/aromatic N) is 3. The van der Waals surface area contributed by atoms with E-state index in [2.05, 4.69) is 33.0 Å². The van der Waals surface area contributed by atoms with E-state index in [1.54, 1.807) is 10.8 Å². The van der Waals surface area contributed by atoms with Crippen LogP contribution < -0.4 is 5.56 Å². The SMILES string of the molecule is Cn1c(=O)c(-c2cccc(Cl)c2)cc2c3cc(-c4ccn[nH]4)ccc3n(C)c21. The highest BCUT2D eigenvalue weighted by Gasteiger charge is 2.16. The molecule has 5 aromatic rings. The zero-order valence-corrected chi connectivity index (χ0v) is 16.2. The average Bonchev–Trinajstić information content (AvgIpc) is 3.32. The normalized spacial score (nSPS) is 11.5. The summed E-state index contributed by atoms with van der Waals surface area (Å²) in [5.74, 6) is 0. The zero-order valence-electron chi connectivity index (χ0n) is 15.4. The van der Waals surface area contributed by atoms with Gasteiger partial charge >= 0.3 is 0 Å². The summed E-state index contributed by atoms with van der Waals surface area (Å²) < 4.78 is 3.77. The molecule has 2 aromatic carbocycles. The summed E-state index contributed by atoms with van der Waals surface area (Å²) in [7, 11) is 3.80. The van der Waals surface area contributed by atoms with E-state index < -0.39 is 0 Å². The van der Waals surface area contributed by atoms with Crippen molar-refractivity contribution in [1.82, 2.24) is 19.3 Å². The highest BCUT2D eigenvalue weighted by Crippen LogP contribution is 2.33. The zero-order chi connectivity index (χ0) is 19.4. The van der Waals surface area contributed by atoms with Crippen LogP contribution >= 0.6 is 11.6 Å². The number of benzene rings is 2. The minimum absolute atomic E-state index is 0.0468. The maximum atomic E-state index is 13.1. The molecule has 0 fully saturated rings. The molecule has 0 aliphatic rings. The van der Waals surface area contributed by atoms with Crippen LogP contribution in [0, 0.1) is 0 Å². The van der Waals surface area contributed by atoms with Crippen molar-refractivity contribution in [2.24, 2.45) is 14.1 Å². The third kappa shape index (κ3) is 2.40. The molecule has 0 radical (unpaired) electrons. The van der Waals surface area contributed by atoms with Gasteiger partial charge in [-0.15, -0.1) is 0 Å². The summed E-state index contributed by atoms with van der Waals surface area (Å²) >= 11 is 6.16.